The van der Waals surface area contributed by atoms with Gasteiger partial charge >= 0.3 is 0 Å². The van der Waals surface area contributed by atoms with Crippen LogP contribution < -0.4 is 10.6 Å². The van der Waals surface area contributed by atoms with Crippen molar-refractivity contribution in [2.24, 2.45) is 4.99 Å². The largest absolute Gasteiger partial charge is 0.444 e. The van der Waals surface area contributed by atoms with E-state index in [0.29, 0.717) is 24.9 Å². The molecule has 0 aliphatic carbocycles. The maximum absolute atomic E-state index is 13.2. The van der Waals surface area contributed by atoms with Crippen molar-refractivity contribution in [2.45, 2.75) is 26.9 Å². The first-order valence-electron chi connectivity index (χ1n) is 6.81. The predicted octanol–water partition coefficient (Wildman–Crippen LogP) is 3.06. The standard InChI is InChI=1S/C15H18BrFN4O/c1-9-10(2)22-14(21-9)8-20-15(18-3)19-7-11-6-12(17)4-5-13(11)16/h4-6H,7-8H2,1-3H3,(H2,18,19,20). The molecule has 0 saturated carbocycles. The molecule has 0 aliphatic rings. The van der Waals surface area contributed by atoms with E-state index in [-0.39, 0.29) is 5.82 Å². The highest BCUT2D eigenvalue weighted by Crippen LogP contribution is 2.17. The summed E-state index contributed by atoms with van der Waals surface area (Å²) >= 11 is 3.40. The molecule has 22 heavy (non-hydrogen) atoms. The third kappa shape index (κ3) is 4.30. The van der Waals surface area contributed by atoms with Gasteiger partial charge in [-0.1, -0.05) is 15.9 Å². The topological polar surface area (TPSA) is 62.5 Å². The number of aryl methyl sites for hydroxylation is 2. The van der Waals surface area contributed by atoms with Gasteiger partial charge in [-0.15, -0.1) is 0 Å². The maximum atomic E-state index is 13.2. The molecular weight excluding hydrogens is 351 g/mol. The summed E-state index contributed by atoms with van der Waals surface area (Å²) in [7, 11) is 1.67. The molecule has 7 heteroatoms. The van der Waals surface area contributed by atoms with Gasteiger partial charge in [-0.05, 0) is 37.6 Å². The van der Waals surface area contributed by atoms with Gasteiger partial charge in [0.2, 0.25) is 5.89 Å². The van der Waals surface area contributed by atoms with E-state index >= 15 is 0 Å². The quantitative estimate of drug-likeness (QED) is 0.642. The van der Waals surface area contributed by atoms with Crippen molar-refractivity contribution in [2.75, 3.05) is 7.05 Å². The van der Waals surface area contributed by atoms with Crippen molar-refractivity contribution in [3.8, 4) is 0 Å². The lowest BCUT2D eigenvalue weighted by atomic mass is 10.2. The number of benzene rings is 1. The summed E-state index contributed by atoms with van der Waals surface area (Å²) in [5, 5.41) is 6.22. The fourth-order valence-corrected chi connectivity index (χ4v) is 2.24. The third-order valence-electron chi connectivity index (χ3n) is 3.16. The number of aliphatic imine (C=N–C) groups is 1. The first-order chi connectivity index (χ1) is 10.5. The monoisotopic (exact) mass is 368 g/mol. The molecule has 0 amide bonds. The first-order valence-corrected chi connectivity index (χ1v) is 7.60. The number of guanidine groups is 1. The van der Waals surface area contributed by atoms with E-state index in [1.165, 1.54) is 12.1 Å². The summed E-state index contributed by atoms with van der Waals surface area (Å²) in [4.78, 5) is 8.41. The highest BCUT2D eigenvalue weighted by molar-refractivity contribution is 9.10. The zero-order valence-electron chi connectivity index (χ0n) is 12.7. The van der Waals surface area contributed by atoms with Crippen LogP contribution >= 0.6 is 15.9 Å². The van der Waals surface area contributed by atoms with Crippen LogP contribution in [0.3, 0.4) is 0 Å². The van der Waals surface area contributed by atoms with E-state index in [4.69, 9.17) is 4.42 Å². The Morgan fingerprint density at radius 2 is 2.05 bits per heavy atom. The molecule has 0 unspecified atom stereocenters. The maximum Gasteiger partial charge on any atom is 0.214 e. The second-order valence-electron chi connectivity index (χ2n) is 4.76. The zero-order valence-corrected chi connectivity index (χ0v) is 14.3. The number of hydrogen-bond donors (Lipinski definition) is 2. The van der Waals surface area contributed by atoms with Gasteiger partial charge in [0.1, 0.15) is 11.6 Å². The van der Waals surface area contributed by atoms with E-state index in [1.54, 1.807) is 13.1 Å². The third-order valence-corrected chi connectivity index (χ3v) is 3.93. The lowest BCUT2D eigenvalue weighted by Gasteiger charge is -2.11. The molecule has 118 valence electrons. The number of halogens is 2. The summed E-state index contributed by atoms with van der Waals surface area (Å²) in [5.41, 5.74) is 1.69. The van der Waals surface area contributed by atoms with Crippen LogP contribution in [-0.2, 0) is 13.1 Å². The van der Waals surface area contributed by atoms with Crippen LogP contribution in [-0.4, -0.2) is 18.0 Å². The molecule has 0 saturated heterocycles. The molecule has 1 aromatic carbocycles. The van der Waals surface area contributed by atoms with Gasteiger partial charge in [-0.2, -0.15) is 0 Å². The predicted molar refractivity (Wildman–Crippen MR) is 87.1 cm³/mol. The zero-order chi connectivity index (χ0) is 16.1. The van der Waals surface area contributed by atoms with Gasteiger partial charge in [-0.25, -0.2) is 9.37 Å². The van der Waals surface area contributed by atoms with E-state index in [9.17, 15) is 4.39 Å². The Bertz CT molecular complexity index is 665. The molecule has 5 nitrogen and oxygen atoms in total. The molecule has 0 spiro atoms. The molecule has 0 radical (unpaired) electrons. The summed E-state index contributed by atoms with van der Waals surface area (Å²) in [6.45, 7) is 4.65. The minimum absolute atomic E-state index is 0.270. The van der Waals surface area contributed by atoms with E-state index in [2.05, 4.69) is 36.5 Å². The van der Waals surface area contributed by atoms with Gasteiger partial charge < -0.3 is 15.1 Å². The number of nitrogens with zero attached hydrogens (tertiary/aromatic N) is 2. The molecule has 0 aliphatic heterocycles. The summed E-state index contributed by atoms with van der Waals surface area (Å²) in [6.07, 6.45) is 0. The lowest BCUT2D eigenvalue weighted by Crippen LogP contribution is -2.36. The van der Waals surface area contributed by atoms with Crippen LogP contribution in [0.15, 0.2) is 32.1 Å². The SMILES string of the molecule is CN=C(NCc1nc(C)c(C)o1)NCc1cc(F)ccc1Br. The van der Waals surface area contributed by atoms with Gasteiger partial charge in [0.05, 0.1) is 12.2 Å². The van der Waals surface area contributed by atoms with Gasteiger partial charge in [0.25, 0.3) is 0 Å². The van der Waals surface area contributed by atoms with Crippen LogP contribution in [0, 0.1) is 19.7 Å². The second kappa shape index (κ2) is 7.40. The van der Waals surface area contributed by atoms with E-state index in [1.807, 2.05) is 13.8 Å². The van der Waals surface area contributed by atoms with E-state index in [0.717, 1.165) is 21.5 Å². The second-order valence-corrected chi connectivity index (χ2v) is 5.62. The molecule has 2 aromatic rings. The molecule has 0 bridgehead atoms. The van der Waals surface area contributed by atoms with Crippen molar-refractivity contribution < 1.29 is 8.81 Å². The highest BCUT2D eigenvalue weighted by atomic mass is 79.9. The first kappa shape index (κ1) is 16.5. The number of oxazole rings is 1. The number of hydrogen-bond acceptors (Lipinski definition) is 3. The van der Waals surface area contributed by atoms with Crippen molar-refractivity contribution in [1.82, 2.24) is 15.6 Å². The Balaban J connectivity index is 1.91. The molecule has 0 atom stereocenters. The van der Waals surface area contributed by atoms with Crippen molar-refractivity contribution in [3.63, 3.8) is 0 Å². The smallest absolute Gasteiger partial charge is 0.214 e. The van der Waals surface area contributed by atoms with Crippen LogP contribution in [0.4, 0.5) is 4.39 Å². The Hall–Kier alpha value is -1.89. The number of aromatic nitrogens is 1. The average molecular weight is 369 g/mol. The molecule has 1 heterocycles. The van der Waals surface area contributed by atoms with Gasteiger partial charge in [0, 0.05) is 18.1 Å². The number of nitrogens with one attached hydrogen (secondary N) is 2. The fourth-order valence-electron chi connectivity index (χ4n) is 1.85. The molecule has 1 aromatic heterocycles. The Morgan fingerprint density at radius 3 is 2.68 bits per heavy atom. The Kier molecular flexibility index (Phi) is 5.54. The van der Waals surface area contributed by atoms with Crippen LogP contribution in [0.5, 0.6) is 0 Å². The van der Waals surface area contributed by atoms with Crippen LogP contribution in [0.1, 0.15) is 22.9 Å². The molecular formula is C15H18BrFN4O. The van der Waals surface area contributed by atoms with Crippen molar-refractivity contribution in [1.29, 1.82) is 0 Å². The summed E-state index contributed by atoms with van der Waals surface area (Å²) in [5.74, 6) is 1.73. The normalized spacial score (nSPS) is 11.6. The van der Waals surface area contributed by atoms with Crippen LogP contribution in [0.25, 0.3) is 0 Å². The fraction of sp³-hybridized carbons (Fsp3) is 0.333. The summed E-state index contributed by atoms with van der Waals surface area (Å²) in [6, 6.07) is 4.57. The molecule has 2 rings (SSSR count). The highest BCUT2D eigenvalue weighted by Gasteiger charge is 2.07. The molecule has 0 fully saturated rings. The minimum atomic E-state index is -0.270. The van der Waals surface area contributed by atoms with Crippen LogP contribution in [0.2, 0.25) is 0 Å². The minimum Gasteiger partial charge on any atom is -0.444 e. The van der Waals surface area contributed by atoms with Gasteiger partial charge in [0.15, 0.2) is 5.96 Å². The average Bonchev–Trinajstić information content (AvgIpc) is 2.81. The van der Waals surface area contributed by atoms with Gasteiger partial charge in [-0.3, -0.25) is 4.99 Å². The Morgan fingerprint density at radius 1 is 1.32 bits per heavy atom. The van der Waals surface area contributed by atoms with Crippen molar-refractivity contribution >= 4 is 21.9 Å². The Labute approximate surface area is 137 Å². The van der Waals surface area contributed by atoms with Crippen molar-refractivity contribution in [3.05, 3.63) is 51.4 Å². The molecule has 2 N–H and O–H groups in total. The van der Waals surface area contributed by atoms with E-state index < -0.39 is 0 Å². The number of rotatable bonds is 4. The summed E-state index contributed by atoms with van der Waals surface area (Å²) < 4.78 is 19.6. The lowest BCUT2D eigenvalue weighted by molar-refractivity contribution is 0.463.